The topological polar surface area (TPSA) is 75.7 Å². The van der Waals surface area contributed by atoms with Crippen molar-refractivity contribution >= 4 is 38.9 Å². The second kappa shape index (κ2) is 11.2. The number of aryl methyl sites for hydroxylation is 1. The molecular formula is C25H27ClN2O4S. The van der Waals surface area contributed by atoms with E-state index in [4.69, 9.17) is 16.3 Å². The van der Waals surface area contributed by atoms with Gasteiger partial charge in [-0.25, -0.2) is 8.42 Å². The maximum atomic E-state index is 13.4. The summed E-state index contributed by atoms with van der Waals surface area (Å²) in [6.45, 7) is 1.73. The molecule has 0 aliphatic carbocycles. The first-order valence-electron chi connectivity index (χ1n) is 10.6. The molecule has 3 rings (SSSR count). The molecule has 3 aromatic rings. The predicted octanol–water partition coefficient (Wildman–Crippen LogP) is 5.53. The largest absolute Gasteiger partial charge is 0.497 e. The van der Waals surface area contributed by atoms with Crippen LogP contribution in [0.25, 0.3) is 0 Å². The Kier molecular flexibility index (Phi) is 8.36. The van der Waals surface area contributed by atoms with Gasteiger partial charge in [0.25, 0.3) is 10.0 Å². The summed E-state index contributed by atoms with van der Waals surface area (Å²) in [5.74, 6) is 0.0664. The van der Waals surface area contributed by atoms with Crippen LogP contribution in [0.1, 0.15) is 25.3 Å². The second-order valence-electron chi connectivity index (χ2n) is 7.52. The summed E-state index contributed by atoms with van der Waals surface area (Å²) in [5, 5.41) is 3.15. The minimum absolute atomic E-state index is 0.0383. The van der Waals surface area contributed by atoms with Gasteiger partial charge >= 0.3 is 0 Å². The molecule has 0 fully saturated rings. The number of ether oxygens (including phenoxy) is 1. The van der Waals surface area contributed by atoms with Crippen LogP contribution in [0.4, 0.5) is 11.4 Å². The summed E-state index contributed by atoms with van der Waals surface area (Å²) in [6.07, 6.45) is 3.19. The SMILES string of the molecule is CCCCc1ccc(NC(=O)CN(c2cccc(Cl)c2)S(=O)(=O)c2ccc(OC)cc2)cc1. The molecule has 0 saturated carbocycles. The molecular weight excluding hydrogens is 460 g/mol. The highest BCUT2D eigenvalue weighted by Gasteiger charge is 2.27. The number of nitrogens with one attached hydrogen (secondary N) is 1. The lowest BCUT2D eigenvalue weighted by Gasteiger charge is -2.24. The molecule has 0 aliphatic heterocycles. The van der Waals surface area contributed by atoms with E-state index < -0.39 is 22.5 Å². The van der Waals surface area contributed by atoms with Gasteiger partial charge in [0, 0.05) is 10.7 Å². The van der Waals surface area contributed by atoms with Gasteiger partial charge in [0.15, 0.2) is 0 Å². The highest BCUT2D eigenvalue weighted by atomic mass is 35.5. The van der Waals surface area contributed by atoms with Crippen molar-refractivity contribution in [2.24, 2.45) is 0 Å². The van der Waals surface area contributed by atoms with E-state index in [0.717, 1.165) is 23.6 Å². The monoisotopic (exact) mass is 486 g/mol. The zero-order valence-electron chi connectivity index (χ0n) is 18.6. The van der Waals surface area contributed by atoms with Crippen LogP contribution in [0.3, 0.4) is 0 Å². The molecule has 0 aromatic heterocycles. The molecule has 3 aromatic carbocycles. The molecule has 0 heterocycles. The number of methoxy groups -OCH3 is 1. The van der Waals surface area contributed by atoms with E-state index in [1.54, 1.807) is 30.3 Å². The highest BCUT2D eigenvalue weighted by Crippen LogP contribution is 2.27. The van der Waals surface area contributed by atoms with Gasteiger partial charge in [-0.1, -0.05) is 43.1 Å². The number of rotatable bonds is 10. The molecule has 0 atom stereocenters. The third-order valence-corrected chi connectivity index (χ3v) is 7.11. The van der Waals surface area contributed by atoms with Crippen molar-refractivity contribution < 1.29 is 17.9 Å². The highest BCUT2D eigenvalue weighted by molar-refractivity contribution is 7.92. The van der Waals surface area contributed by atoms with E-state index in [-0.39, 0.29) is 4.90 Å². The van der Waals surface area contributed by atoms with Gasteiger partial charge in [0.05, 0.1) is 17.7 Å². The van der Waals surface area contributed by atoms with Crippen LogP contribution in [0, 0.1) is 0 Å². The van der Waals surface area contributed by atoms with Crippen molar-refractivity contribution in [3.8, 4) is 5.75 Å². The molecule has 0 unspecified atom stereocenters. The van der Waals surface area contributed by atoms with Gasteiger partial charge in [0.2, 0.25) is 5.91 Å². The third-order valence-electron chi connectivity index (χ3n) is 5.09. The molecule has 1 amide bonds. The normalized spacial score (nSPS) is 11.1. The van der Waals surface area contributed by atoms with E-state index in [1.165, 1.54) is 30.9 Å². The molecule has 0 saturated heterocycles. The number of sulfonamides is 1. The number of anilines is 2. The molecule has 1 N–H and O–H groups in total. The number of hydrogen-bond acceptors (Lipinski definition) is 4. The number of unbranched alkanes of at least 4 members (excludes halogenated alkanes) is 1. The van der Waals surface area contributed by atoms with Crippen LogP contribution in [0.2, 0.25) is 5.02 Å². The number of carbonyl (C=O) groups is 1. The molecule has 33 heavy (non-hydrogen) atoms. The van der Waals surface area contributed by atoms with Crippen LogP contribution in [0.15, 0.2) is 77.7 Å². The summed E-state index contributed by atoms with van der Waals surface area (Å²) in [6, 6.07) is 20.0. The van der Waals surface area contributed by atoms with Crippen LogP contribution in [0.5, 0.6) is 5.75 Å². The van der Waals surface area contributed by atoms with E-state index in [2.05, 4.69) is 12.2 Å². The zero-order chi connectivity index (χ0) is 23.8. The summed E-state index contributed by atoms with van der Waals surface area (Å²) < 4.78 is 33.0. The van der Waals surface area contributed by atoms with E-state index in [9.17, 15) is 13.2 Å². The van der Waals surface area contributed by atoms with Crippen LogP contribution in [-0.4, -0.2) is 28.0 Å². The minimum atomic E-state index is -4.04. The average molecular weight is 487 g/mol. The van der Waals surface area contributed by atoms with Gasteiger partial charge in [-0.2, -0.15) is 0 Å². The van der Waals surface area contributed by atoms with Crippen molar-refractivity contribution in [1.82, 2.24) is 0 Å². The van der Waals surface area contributed by atoms with Crippen molar-refractivity contribution in [2.45, 2.75) is 31.1 Å². The Labute approximate surface area is 200 Å². The Morgan fingerprint density at radius 3 is 2.33 bits per heavy atom. The smallest absolute Gasteiger partial charge is 0.264 e. The van der Waals surface area contributed by atoms with E-state index >= 15 is 0 Å². The van der Waals surface area contributed by atoms with Crippen LogP contribution < -0.4 is 14.4 Å². The number of benzene rings is 3. The van der Waals surface area contributed by atoms with E-state index in [0.29, 0.717) is 22.1 Å². The molecule has 0 bridgehead atoms. The maximum absolute atomic E-state index is 13.4. The van der Waals surface area contributed by atoms with Gasteiger partial charge in [0.1, 0.15) is 12.3 Å². The first kappa shape index (κ1) is 24.6. The van der Waals surface area contributed by atoms with E-state index in [1.807, 2.05) is 24.3 Å². The average Bonchev–Trinajstić information content (AvgIpc) is 2.82. The van der Waals surface area contributed by atoms with Crippen molar-refractivity contribution in [3.05, 3.63) is 83.4 Å². The molecule has 6 nitrogen and oxygen atoms in total. The zero-order valence-corrected chi connectivity index (χ0v) is 20.2. The summed E-state index contributed by atoms with van der Waals surface area (Å²) in [4.78, 5) is 12.9. The third kappa shape index (κ3) is 6.49. The van der Waals surface area contributed by atoms with Crippen molar-refractivity contribution in [2.75, 3.05) is 23.3 Å². The van der Waals surface area contributed by atoms with Crippen LogP contribution in [-0.2, 0) is 21.2 Å². The number of carbonyl (C=O) groups excluding carboxylic acids is 1. The molecule has 174 valence electrons. The van der Waals surface area contributed by atoms with Crippen molar-refractivity contribution in [1.29, 1.82) is 0 Å². The number of hydrogen-bond donors (Lipinski definition) is 1. The fraction of sp³-hybridized carbons (Fsp3) is 0.240. The Hall–Kier alpha value is -3.03. The lowest BCUT2D eigenvalue weighted by molar-refractivity contribution is -0.114. The minimum Gasteiger partial charge on any atom is -0.497 e. The van der Waals surface area contributed by atoms with Gasteiger partial charge in [-0.05, 0) is 73.0 Å². The number of halogens is 1. The van der Waals surface area contributed by atoms with Crippen LogP contribution >= 0.6 is 11.6 Å². The Morgan fingerprint density at radius 1 is 1.03 bits per heavy atom. The lowest BCUT2D eigenvalue weighted by Crippen LogP contribution is -2.38. The molecule has 0 radical (unpaired) electrons. The molecule has 0 aliphatic rings. The predicted molar refractivity (Wildman–Crippen MR) is 133 cm³/mol. The van der Waals surface area contributed by atoms with Gasteiger partial charge in [-0.3, -0.25) is 9.10 Å². The summed E-state index contributed by atoms with van der Waals surface area (Å²) in [7, 11) is -2.54. The number of nitrogens with zero attached hydrogens (tertiary/aromatic N) is 1. The standard InChI is InChI=1S/C25H27ClN2O4S/c1-3-4-6-19-9-11-21(12-10-19)27-25(29)18-28(22-8-5-7-20(26)17-22)33(30,31)24-15-13-23(32-2)14-16-24/h5,7-17H,3-4,6,18H2,1-2H3,(H,27,29). The van der Waals surface area contributed by atoms with Crippen molar-refractivity contribution in [3.63, 3.8) is 0 Å². The first-order chi connectivity index (χ1) is 15.8. The molecule has 8 heteroatoms. The second-order valence-corrected chi connectivity index (χ2v) is 9.81. The fourth-order valence-corrected chi connectivity index (χ4v) is 4.89. The summed E-state index contributed by atoms with van der Waals surface area (Å²) >= 11 is 6.10. The maximum Gasteiger partial charge on any atom is 0.264 e. The lowest BCUT2D eigenvalue weighted by atomic mass is 10.1. The van der Waals surface area contributed by atoms with Gasteiger partial charge < -0.3 is 10.1 Å². The Morgan fingerprint density at radius 2 is 1.73 bits per heavy atom. The number of amides is 1. The van der Waals surface area contributed by atoms with Gasteiger partial charge in [-0.15, -0.1) is 0 Å². The quantitative estimate of drug-likeness (QED) is 0.409. The fourth-order valence-electron chi connectivity index (χ4n) is 3.29. The Balaban J connectivity index is 1.84. The first-order valence-corrected chi connectivity index (χ1v) is 12.5. The Bertz CT molecular complexity index is 1180. The summed E-state index contributed by atoms with van der Waals surface area (Å²) in [5.41, 5.74) is 2.09. The molecule has 0 spiro atoms.